The van der Waals surface area contributed by atoms with Gasteiger partial charge in [0.2, 0.25) is 10.0 Å². The Morgan fingerprint density at radius 2 is 1.93 bits per heavy atom. The Labute approximate surface area is 174 Å². The zero-order chi connectivity index (χ0) is 21.2. The number of aryl methyl sites for hydroxylation is 1. The molecule has 9 heteroatoms. The van der Waals surface area contributed by atoms with Crippen LogP contribution in [0.4, 0.5) is 5.69 Å². The number of amides is 1. The van der Waals surface area contributed by atoms with Gasteiger partial charge in [-0.05, 0) is 61.1 Å². The molecule has 0 unspecified atom stereocenters. The van der Waals surface area contributed by atoms with Crippen LogP contribution in [0.5, 0.6) is 0 Å². The maximum absolute atomic E-state index is 12.3. The molecule has 0 aliphatic heterocycles. The molecular formula is C20H24N2O5S2. The zero-order valence-electron chi connectivity index (χ0n) is 16.6. The van der Waals surface area contributed by atoms with E-state index < -0.39 is 28.5 Å². The summed E-state index contributed by atoms with van der Waals surface area (Å²) in [6, 6.07) is 7.68. The molecule has 0 saturated carbocycles. The van der Waals surface area contributed by atoms with Gasteiger partial charge in [0, 0.05) is 24.7 Å². The Morgan fingerprint density at radius 3 is 2.59 bits per heavy atom. The molecule has 1 aromatic heterocycles. The maximum Gasteiger partial charge on any atom is 0.348 e. The lowest BCUT2D eigenvalue weighted by atomic mass is 9.90. The number of nitrogens with zero attached hydrogens (tertiary/aromatic N) is 1. The van der Waals surface area contributed by atoms with Gasteiger partial charge in [0.15, 0.2) is 6.61 Å². The fourth-order valence-electron chi connectivity index (χ4n) is 3.13. The predicted molar refractivity (Wildman–Crippen MR) is 112 cm³/mol. The normalized spacial score (nSPS) is 16.3. The zero-order valence-corrected chi connectivity index (χ0v) is 18.2. The summed E-state index contributed by atoms with van der Waals surface area (Å²) in [7, 11) is -0.630. The largest absolute Gasteiger partial charge is 0.451 e. The lowest BCUT2D eigenvalue weighted by Crippen LogP contribution is -2.22. The van der Waals surface area contributed by atoms with E-state index in [4.69, 9.17) is 4.74 Å². The Hall–Kier alpha value is -2.23. The SMILES string of the molecule is C[C@H]1CCc2sc(C(=O)OCC(=O)Nc3ccc(S(=O)(=O)N(C)C)cc3)cc2C1. The first-order valence-corrected chi connectivity index (χ1v) is 11.5. The van der Waals surface area contributed by atoms with Gasteiger partial charge in [-0.15, -0.1) is 11.3 Å². The third-order valence-electron chi connectivity index (χ3n) is 4.78. The summed E-state index contributed by atoms with van der Waals surface area (Å²) in [5.41, 5.74) is 1.63. The molecule has 0 spiro atoms. The molecule has 1 amide bonds. The van der Waals surface area contributed by atoms with Gasteiger partial charge < -0.3 is 10.1 Å². The first-order chi connectivity index (χ1) is 13.7. The second-order valence-corrected chi connectivity index (χ2v) is 10.6. The quantitative estimate of drug-likeness (QED) is 0.703. The van der Waals surface area contributed by atoms with Gasteiger partial charge in [-0.2, -0.15) is 0 Å². The van der Waals surface area contributed by atoms with Crippen molar-refractivity contribution in [3.8, 4) is 0 Å². The summed E-state index contributed by atoms with van der Waals surface area (Å²) < 4.78 is 30.3. The smallest absolute Gasteiger partial charge is 0.348 e. The number of fused-ring (bicyclic) bond motifs is 1. The van der Waals surface area contributed by atoms with Crippen molar-refractivity contribution in [2.24, 2.45) is 5.92 Å². The van der Waals surface area contributed by atoms with Gasteiger partial charge in [0.1, 0.15) is 4.88 Å². The minimum atomic E-state index is -3.53. The Bertz CT molecular complexity index is 1010. The van der Waals surface area contributed by atoms with Crippen LogP contribution in [0.1, 0.15) is 33.5 Å². The number of hydrogen-bond donors (Lipinski definition) is 1. The van der Waals surface area contributed by atoms with Crippen LogP contribution >= 0.6 is 11.3 Å². The summed E-state index contributed by atoms with van der Waals surface area (Å²) in [5.74, 6) is -0.373. The Kier molecular flexibility index (Phi) is 6.40. The van der Waals surface area contributed by atoms with E-state index in [1.807, 2.05) is 6.07 Å². The van der Waals surface area contributed by atoms with Crippen LogP contribution in [-0.4, -0.2) is 45.3 Å². The molecule has 156 valence electrons. The van der Waals surface area contributed by atoms with Gasteiger partial charge in [-0.1, -0.05) is 6.92 Å². The first kappa shape index (κ1) is 21.5. The highest BCUT2D eigenvalue weighted by Gasteiger charge is 2.22. The maximum atomic E-state index is 12.3. The lowest BCUT2D eigenvalue weighted by Gasteiger charge is -2.16. The van der Waals surface area contributed by atoms with E-state index in [0.717, 1.165) is 23.6 Å². The number of sulfonamides is 1. The molecule has 0 saturated heterocycles. The number of hydrogen-bond acceptors (Lipinski definition) is 6. The van der Waals surface area contributed by atoms with Crippen LogP contribution in [0.15, 0.2) is 35.2 Å². The highest BCUT2D eigenvalue weighted by atomic mass is 32.2. The average Bonchev–Trinajstić information content (AvgIpc) is 3.09. The number of carbonyl (C=O) groups is 2. The van der Waals surface area contributed by atoms with E-state index in [2.05, 4.69) is 12.2 Å². The molecule has 1 heterocycles. The Balaban J connectivity index is 1.54. The van der Waals surface area contributed by atoms with E-state index in [1.165, 1.54) is 60.1 Å². The summed E-state index contributed by atoms with van der Waals surface area (Å²) in [6.07, 6.45) is 3.08. The van der Waals surface area contributed by atoms with Crippen molar-refractivity contribution in [2.45, 2.75) is 31.1 Å². The number of benzene rings is 1. The highest BCUT2D eigenvalue weighted by molar-refractivity contribution is 7.89. The molecule has 0 radical (unpaired) electrons. The number of ether oxygens (including phenoxy) is 1. The molecule has 0 fully saturated rings. The average molecular weight is 437 g/mol. The van der Waals surface area contributed by atoms with Crippen molar-refractivity contribution >= 4 is 38.9 Å². The van der Waals surface area contributed by atoms with Crippen molar-refractivity contribution in [2.75, 3.05) is 26.0 Å². The second-order valence-electron chi connectivity index (χ2n) is 7.34. The van der Waals surface area contributed by atoms with Crippen molar-refractivity contribution in [3.63, 3.8) is 0 Å². The van der Waals surface area contributed by atoms with E-state index in [1.54, 1.807) is 0 Å². The number of carbonyl (C=O) groups excluding carboxylic acids is 2. The van der Waals surface area contributed by atoms with Crippen LogP contribution < -0.4 is 5.32 Å². The molecule has 1 aliphatic rings. The van der Waals surface area contributed by atoms with Gasteiger partial charge >= 0.3 is 5.97 Å². The van der Waals surface area contributed by atoms with Crippen LogP contribution in [0.3, 0.4) is 0 Å². The van der Waals surface area contributed by atoms with E-state index in [9.17, 15) is 18.0 Å². The minimum Gasteiger partial charge on any atom is -0.451 e. The van der Waals surface area contributed by atoms with Crippen molar-refractivity contribution in [3.05, 3.63) is 45.6 Å². The molecule has 29 heavy (non-hydrogen) atoms. The molecule has 1 aliphatic carbocycles. The molecule has 7 nitrogen and oxygen atoms in total. The van der Waals surface area contributed by atoms with E-state index in [0.29, 0.717) is 16.5 Å². The van der Waals surface area contributed by atoms with Gasteiger partial charge in [-0.3, -0.25) is 4.79 Å². The molecule has 1 N–H and O–H groups in total. The topological polar surface area (TPSA) is 92.8 Å². The van der Waals surface area contributed by atoms with Crippen molar-refractivity contribution < 1.29 is 22.7 Å². The molecule has 3 rings (SSSR count). The number of rotatable bonds is 6. The molecule has 2 aromatic rings. The summed E-state index contributed by atoms with van der Waals surface area (Å²) in [4.78, 5) is 26.2. The van der Waals surface area contributed by atoms with Crippen molar-refractivity contribution in [1.29, 1.82) is 0 Å². The first-order valence-electron chi connectivity index (χ1n) is 9.28. The second kappa shape index (κ2) is 8.64. The highest BCUT2D eigenvalue weighted by Crippen LogP contribution is 2.32. The fourth-order valence-corrected chi connectivity index (χ4v) is 5.13. The number of nitrogens with one attached hydrogen (secondary N) is 1. The van der Waals surface area contributed by atoms with Crippen LogP contribution in [0.2, 0.25) is 0 Å². The third-order valence-corrected chi connectivity index (χ3v) is 7.83. The molecule has 0 bridgehead atoms. The molecular weight excluding hydrogens is 412 g/mol. The summed E-state index contributed by atoms with van der Waals surface area (Å²) in [6.45, 7) is 1.79. The number of thiophene rings is 1. The van der Waals surface area contributed by atoms with E-state index >= 15 is 0 Å². The van der Waals surface area contributed by atoms with Crippen LogP contribution in [0.25, 0.3) is 0 Å². The van der Waals surface area contributed by atoms with Crippen LogP contribution in [0, 0.1) is 5.92 Å². The van der Waals surface area contributed by atoms with E-state index in [-0.39, 0.29) is 4.90 Å². The fraction of sp³-hybridized carbons (Fsp3) is 0.400. The lowest BCUT2D eigenvalue weighted by molar-refractivity contribution is -0.119. The summed E-state index contributed by atoms with van der Waals surface area (Å²) in [5, 5.41) is 2.59. The van der Waals surface area contributed by atoms with Gasteiger partial charge in [0.25, 0.3) is 5.91 Å². The number of esters is 1. The Morgan fingerprint density at radius 1 is 1.24 bits per heavy atom. The van der Waals surface area contributed by atoms with Gasteiger partial charge in [-0.25, -0.2) is 17.5 Å². The van der Waals surface area contributed by atoms with Gasteiger partial charge in [0.05, 0.1) is 4.90 Å². The monoisotopic (exact) mass is 436 g/mol. The third kappa shape index (κ3) is 5.04. The summed E-state index contributed by atoms with van der Waals surface area (Å²) >= 11 is 1.44. The van der Waals surface area contributed by atoms with Crippen molar-refractivity contribution in [1.82, 2.24) is 4.31 Å². The predicted octanol–water partition coefficient (Wildman–Crippen LogP) is 2.92. The van der Waals surface area contributed by atoms with Crippen LogP contribution in [-0.2, 0) is 32.4 Å². The standard InChI is InChI=1S/C20H24N2O5S2/c1-13-4-9-17-14(10-13)11-18(28-17)20(24)27-12-19(23)21-15-5-7-16(8-6-15)29(25,26)22(2)3/h5-8,11,13H,4,9-10,12H2,1-3H3,(H,21,23)/t13-/m0/s1. The molecule has 1 aromatic carbocycles. The minimum absolute atomic E-state index is 0.128. The molecule has 1 atom stereocenters. The number of anilines is 1.